The Morgan fingerprint density at radius 1 is 0.833 bits per heavy atom. The third-order valence-electron chi connectivity index (χ3n) is 8.82. The number of esters is 2. The molecule has 1 aromatic heterocycles. The summed E-state index contributed by atoms with van der Waals surface area (Å²) in [5.74, 6) is -5.86. The average molecular weight is 756 g/mol. The van der Waals surface area contributed by atoms with Gasteiger partial charge in [-0.25, -0.2) is 23.3 Å². The number of halogens is 1. The number of nitrogens with zero attached hydrogens (tertiary/aromatic N) is 3. The molecule has 0 amide bonds. The Bertz CT molecular complexity index is 1880. The van der Waals surface area contributed by atoms with Crippen LogP contribution in [0.4, 0.5) is 14.0 Å². The minimum atomic E-state index is -3.26. The van der Waals surface area contributed by atoms with E-state index in [0.29, 0.717) is 46.2 Å². The summed E-state index contributed by atoms with van der Waals surface area (Å²) in [4.78, 5) is 80.0. The Morgan fingerprint density at radius 2 is 1.41 bits per heavy atom. The molecule has 0 spiro atoms. The van der Waals surface area contributed by atoms with Gasteiger partial charge in [-0.15, -0.1) is 0 Å². The smallest absolute Gasteiger partial charge is 0.459 e. The molecule has 2 fully saturated rings. The van der Waals surface area contributed by atoms with Crippen molar-refractivity contribution in [2.24, 2.45) is 11.8 Å². The summed E-state index contributed by atoms with van der Waals surface area (Å²) in [6.45, 7) is 1.76. The summed E-state index contributed by atoms with van der Waals surface area (Å²) < 4.78 is 56.1. The SMILES string of the molecule is CC(C)C(=O)OCn1c(=O)ccn([C@@H]2O[C@](F)(COC(=O)C3CCN(C)CC3)[C@@H](OC(=O)OCc3ccccc3)[C@H]2OC(=O)OCc2ccccc2)c1=O. The molecule has 0 aliphatic carbocycles. The van der Waals surface area contributed by atoms with Crippen LogP contribution < -0.4 is 11.2 Å². The van der Waals surface area contributed by atoms with Crippen molar-refractivity contribution < 1.29 is 56.7 Å². The first-order valence-corrected chi connectivity index (χ1v) is 17.3. The number of aromatic nitrogens is 2. The van der Waals surface area contributed by atoms with E-state index in [9.17, 15) is 28.8 Å². The molecule has 54 heavy (non-hydrogen) atoms. The van der Waals surface area contributed by atoms with E-state index < -0.39 is 85.0 Å². The molecule has 16 nitrogen and oxygen atoms in total. The second-order valence-corrected chi connectivity index (χ2v) is 13.2. The number of rotatable bonds is 13. The van der Waals surface area contributed by atoms with Crippen molar-refractivity contribution in [1.82, 2.24) is 14.0 Å². The molecular formula is C37H42FN3O13. The molecule has 2 aliphatic rings. The molecule has 2 aliphatic heterocycles. The molecule has 0 N–H and O–H groups in total. The molecule has 2 saturated heterocycles. The van der Waals surface area contributed by atoms with Gasteiger partial charge < -0.3 is 38.1 Å². The Morgan fingerprint density at radius 3 is 1.98 bits per heavy atom. The fraction of sp³-hybridized carbons (Fsp3) is 0.459. The van der Waals surface area contributed by atoms with Crippen molar-refractivity contribution in [2.75, 3.05) is 26.7 Å². The van der Waals surface area contributed by atoms with Crippen molar-refractivity contribution in [2.45, 2.75) is 70.9 Å². The van der Waals surface area contributed by atoms with Crippen LogP contribution in [-0.4, -0.2) is 83.1 Å². The van der Waals surface area contributed by atoms with E-state index >= 15 is 4.39 Å². The predicted molar refractivity (Wildman–Crippen MR) is 184 cm³/mol. The molecule has 0 radical (unpaired) electrons. The van der Waals surface area contributed by atoms with E-state index in [2.05, 4.69) is 0 Å². The number of benzene rings is 2. The highest BCUT2D eigenvalue weighted by atomic mass is 19.2. The van der Waals surface area contributed by atoms with E-state index in [-0.39, 0.29) is 13.2 Å². The molecule has 0 bridgehead atoms. The zero-order chi connectivity index (χ0) is 38.8. The topological polar surface area (TPSA) is 180 Å². The van der Waals surface area contributed by atoms with Gasteiger partial charge in [0.2, 0.25) is 6.10 Å². The third kappa shape index (κ3) is 10.1. The maximum Gasteiger partial charge on any atom is 0.509 e. The highest BCUT2D eigenvalue weighted by molar-refractivity contribution is 5.72. The number of likely N-dealkylation sites (tertiary alicyclic amines) is 1. The summed E-state index contributed by atoms with van der Waals surface area (Å²) in [5, 5.41) is 0. The number of carbonyl (C=O) groups excluding carboxylic acids is 4. The van der Waals surface area contributed by atoms with Crippen LogP contribution in [0.25, 0.3) is 0 Å². The number of hydrogen-bond acceptors (Lipinski definition) is 14. The van der Waals surface area contributed by atoms with Gasteiger partial charge >= 0.3 is 29.9 Å². The number of carbonyl (C=O) groups is 4. The molecule has 0 unspecified atom stereocenters. The fourth-order valence-electron chi connectivity index (χ4n) is 5.72. The van der Waals surface area contributed by atoms with Crippen molar-refractivity contribution in [1.29, 1.82) is 0 Å². The maximum atomic E-state index is 17.3. The number of piperidine rings is 1. The molecule has 2 aromatic carbocycles. The van der Waals surface area contributed by atoms with E-state index in [4.69, 9.17) is 33.2 Å². The Kier molecular flexibility index (Phi) is 13.2. The lowest BCUT2D eigenvalue weighted by Crippen LogP contribution is -2.48. The molecule has 290 valence electrons. The van der Waals surface area contributed by atoms with Gasteiger partial charge in [-0.05, 0) is 44.1 Å². The van der Waals surface area contributed by atoms with E-state index in [1.54, 1.807) is 74.5 Å². The first kappa shape index (κ1) is 39.7. The summed E-state index contributed by atoms with van der Waals surface area (Å²) >= 11 is 0. The van der Waals surface area contributed by atoms with Crippen LogP contribution in [0.2, 0.25) is 0 Å². The van der Waals surface area contributed by atoms with Crippen LogP contribution in [0.1, 0.15) is 44.0 Å². The molecule has 4 atom stereocenters. The van der Waals surface area contributed by atoms with Gasteiger partial charge in [0.15, 0.2) is 25.7 Å². The Labute approximate surface area is 309 Å². The quantitative estimate of drug-likeness (QED) is 0.182. The van der Waals surface area contributed by atoms with E-state index in [1.165, 1.54) is 0 Å². The standard InChI is InChI=1S/C37H42FN3O13/c1-24(2)32(43)51-23-41-28(42)16-19-40(34(41)45)31-29(52-35(46)48-20-25-10-6-4-7-11-25)30(53-36(47)49-21-26-12-8-5-9-13-26)37(38,54-31)22-50-33(44)27-14-17-39(3)18-15-27/h4-13,16,19,24,27,29-31H,14-15,17-18,20-23H2,1-3H3/t29-,30+,31-,37-/m1/s1. The van der Waals surface area contributed by atoms with Gasteiger partial charge in [0.1, 0.15) is 13.2 Å². The van der Waals surface area contributed by atoms with Crippen LogP contribution in [0.3, 0.4) is 0 Å². The van der Waals surface area contributed by atoms with E-state index in [1.807, 2.05) is 11.9 Å². The number of alkyl halides is 1. The molecule has 0 saturated carbocycles. The Hall–Kier alpha value is -5.55. The summed E-state index contributed by atoms with van der Waals surface area (Å²) in [5.41, 5.74) is -0.918. The van der Waals surface area contributed by atoms with Crippen molar-refractivity contribution >= 4 is 24.2 Å². The van der Waals surface area contributed by atoms with Gasteiger partial charge in [-0.1, -0.05) is 74.5 Å². The monoisotopic (exact) mass is 755 g/mol. The zero-order valence-electron chi connectivity index (χ0n) is 30.0. The molecule has 3 aromatic rings. The largest absolute Gasteiger partial charge is 0.509 e. The maximum absolute atomic E-state index is 17.3. The van der Waals surface area contributed by atoms with Gasteiger partial charge in [0, 0.05) is 12.3 Å². The van der Waals surface area contributed by atoms with Gasteiger partial charge in [0.05, 0.1) is 11.8 Å². The average Bonchev–Trinajstić information content (AvgIpc) is 3.42. The summed E-state index contributed by atoms with van der Waals surface area (Å²) in [6, 6.07) is 17.9. The Balaban J connectivity index is 1.48. The fourth-order valence-corrected chi connectivity index (χ4v) is 5.72. The van der Waals surface area contributed by atoms with Gasteiger partial charge in [0.25, 0.3) is 11.4 Å². The first-order valence-electron chi connectivity index (χ1n) is 17.3. The molecule has 5 rings (SSSR count). The minimum Gasteiger partial charge on any atom is -0.459 e. The van der Waals surface area contributed by atoms with Crippen molar-refractivity contribution in [3.05, 3.63) is 105 Å². The van der Waals surface area contributed by atoms with Crippen molar-refractivity contribution in [3.8, 4) is 0 Å². The van der Waals surface area contributed by atoms with Crippen LogP contribution in [0.5, 0.6) is 0 Å². The molecule has 17 heteroatoms. The highest BCUT2D eigenvalue weighted by Crippen LogP contribution is 2.42. The lowest BCUT2D eigenvalue weighted by Gasteiger charge is -2.29. The van der Waals surface area contributed by atoms with Crippen molar-refractivity contribution in [3.63, 3.8) is 0 Å². The first-order chi connectivity index (χ1) is 25.8. The second kappa shape index (κ2) is 18.0. The van der Waals surface area contributed by atoms with Crippen LogP contribution in [-0.2, 0) is 62.7 Å². The molecular weight excluding hydrogens is 713 g/mol. The number of ether oxygens (including phenoxy) is 7. The predicted octanol–water partition coefficient (Wildman–Crippen LogP) is 3.69. The van der Waals surface area contributed by atoms with Crippen LogP contribution >= 0.6 is 0 Å². The summed E-state index contributed by atoms with van der Waals surface area (Å²) in [7, 11) is 1.90. The van der Waals surface area contributed by atoms with E-state index in [0.717, 1.165) is 12.3 Å². The minimum absolute atomic E-state index is 0.274. The second-order valence-electron chi connectivity index (χ2n) is 13.2. The van der Waals surface area contributed by atoms with Gasteiger partial charge in [-0.2, -0.15) is 0 Å². The van der Waals surface area contributed by atoms with Gasteiger partial charge in [-0.3, -0.25) is 19.0 Å². The molecule has 3 heterocycles. The van der Waals surface area contributed by atoms with Crippen LogP contribution in [0.15, 0.2) is 82.5 Å². The highest BCUT2D eigenvalue weighted by Gasteiger charge is 2.63. The normalized spacial score (nSPS) is 21.6. The lowest BCUT2D eigenvalue weighted by atomic mass is 9.97. The lowest BCUT2D eigenvalue weighted by molar-refractivity contribution is -0.221. The summed E-state index contributed by atoms with van der Waals surface area (Å²) in [6.07, 6.45) is -7.17. The number of hydrogen-bond donors (Lipinski definition) is 0. The zero-order valence-corrected chi connectivity index (χ0v) is 30.0. The van der Waals surface area contributed by atoms with Crippen LogP contribution in [0, 0.1) is 11.8 Å². The third-order valence-corrected chi connectivity index (χ3v) is 8.82.